The van der Waals surface area contributed by atoms with Gasteiger partial charge in [0.2, 0.25) is 10.0 Å². The third-order valence-corrected chi connectivity index (χ3v) is 8.11. The number of carbonyl (C=O) groups excluding carboxylic acids is 1. The van der Waals surface area contributed by atoms with E-state index < -0.39 is 21.7 Å². The highest BCUT2D eigenvalue weighted by atomic mass is 35.5. The van der Waals surface area contributed by atoms with E-state index in [1.807, 2.05) is 18.2 Å². The molecule has 5 nitrogen and oxygen atoms in total. The van der Waals surface area contributed by atoms with Gasteiger partial charge in [-0.15, -0.1) is 0 Å². The lowest BCUT2D eigenvalue weighted by Gasteiger charge is -2.31. The second-order valence-electron chi connectivity index (χ2n) is 8.11. The number of carbonyl (C=O) groups is 1. The normalized spacial score (nSPS) is 15.3. The van der Waals surface area contributed by atoms with E-state index in [4.69, 9.17) is 11.6 Å². The highest BCUT2D eigenvalue weighted by molar-refractivity contribution is 7.89. The molecule has 1 heterocycles. The molecule has 3 aromatic rings. The molecule has 172 valence electrons. The van der Waals surface area contributed by atoms with Crippen LogP contribution in [0.1, 0.15) is 28.8 Å². The van der Waals surface area contributed by atoms with Crippen LogP contribution in [0.5, 0.6) is 0 Å². The molecule has 1 amide bonds. The molecule has 0 bridgehead atoms. The lowest BCUT2D eigenvalue weighted by Crippen LogP contribution is -2.38. The fourth-order valence-corrected chi connectivity index (χ4v) is 5.75. The van der Waals surface area contributed by atoms with Crippen molar-refractivity contribution in [2.24, 2.45) is 5.92 Å². The number of amides is 1. The van der Waals surface area contributed by atoms with Crippen LogP contribution in [0.4, 0.5) is 10.1 Å². The Morgan fingerprint density at radius 3 is 2.33 bits per heavy atom. The second kappa shape index (κ2) is 10.0. The maximum absolute atomic E-state index is 14.7. The number of benzene rings is 3. The van der Waals surface area contributed by atoms with E-state index >= 15 is 0 Å². The van der Waals surface area contributed by atoms with E-state index in [0.717, 1.165) is 25.3 Å². The number of anilines is 1. The van der Waals surface area contributed by atoms with Crippen LogP contribution in [0.2, 0.25) is 5.02 Å². The monoisotopic (exact) mass is 486 g/mol. The number of nitrogens with zero attached hydrogens (tertiary/aromatic N) is 1. The first kappa shape index (κ1) is 23.4. The number of sulfonamides is 1. The van der Waals surface area contributed by atoms with Crippen LogP contribution in [-0.4, -0.2) is 31.7 Å². The highest BCUT2D eigenvalue weighted by Gasteiger charge is 2.30. The van der Waals surface area contributed by atoms with Crippen molar-refractivity contribution in [3.05, 3.63) is 94.8 Å². The molecule has 0 unspecified atom stereocenters. The minimum atomic E-state index is -3.83. The maximum atomic E-state index is 14.7. The first-order chi connectivity index (χ1) is 15.8. The summed E-state index contributed by atoms with van der Waals surface area (Å²) in [7, 11) is -3.83. The Bertz CT molecular complexity index is 1240. The van der Waals surface area contributed by atoms with Gasteiger partial charge in [-0.25, -0.2) is 12.8 Å². The van der Waals surface area contributed by atoms with Crippen molar-refractivity contribution in [2.45, 2.75) is 24.2 Å². The Hall–Kier alpha value is -2.74. The average molecular weight is 487 g/mol. The van der Waals surface area contributed by atoms with Gasteiger partial charge in [-0.1, -0.05) is 54.1 Å². The van der Waals surface area contributed by atoms with Crippen molar-refractivity contribution in [1.29, 1.82) is 0 Å². The van der Waals surface area contributed by atoms with Crippen LogP contribution in [0.15, 0.2) is 77.7 Å². The van der Waals surface area contributed by atoms with E-state index in [1.54, 1.807) is 18.2 Å². The SMILES string of the molecule is O=C(Nc1ccc(S(=O)(=O)N2CCC(Cc3ccccc3)CC2)cc1F)c1ccccc1Cl. The summed E-state index contributed by atoms with van der Waals surface area (Å²) >= 11 is 6.01. The average Bonchev–Trinajstić information content (AvgIpc) is 2.81. The molecule has 0 aromatic heterocycles. The molecule has 0 saturated carbocycles. The number of halogens is 2. The number of hydrogen-bond acceptors (Lipinski definition) is 3. The molecule has 1 N–H and O–H groups in total. The zero-order chi connectivity index (χ0) is 23.4. The first-order valence-electron chi connectivity index (χ1n) is 10.7. The number of piperidine rings is 1. The van der Waals surface area contributed by atoms with Gasteiger partial charge in [0, 0.05) is 13.1 Å². The Labute approximate surface area is 198 Å². The van der Waals surface area contributed by atoms with Crippen molar-refractivity contribution in [2.75, 3.05) is 18.4 Å². The van der Waals surface area contributed by atoms with Crippen molar-refractivity contribution >= 4 is 33.2 Å². The van der Waals surface area contributed by atoms with E-state index in [9.17, 15) is 17.6 Å². The first-order valence-corrected chi connectivity index (χ1v) is 12.6. The van der Waals surface area contributed by atoms with Crippen molar-refractivity contribution in [3.63, 3.8) is 0 Å². The summed E-state index contributed by atoms with van der Waals surface area (Å²) in [6, 6.07) is 20.1. The molecule has 4 rings (SSSR count). The summed E-state index contributed by atoms with van der Waals surface area (Å²) < 4.78 is 42.2. The summed E-state index contributed by atoms with van der Waals surface area (Å²) in [5.41, 5.74) is 1.34. The number of rotatable bonds is 6. The minimum absolute atomic E-state index is 0.111. The van der Waals surface area contributed by atoms with Gasteiger partial charge in [0.15, 0.2) is 0 Å². The van der Waals surface area contributed by atoms with Gasteiger partial charge < -0.3 is 5.32 Å². The predicted molar refractivity (Wildman–Crippen MR) is 127 cm³/mol. The Kier molecular flexibility index (Phi) is 7.12. The molecule has 0 spiro atoms. The Morgan fingerprint density at radius 1 is 1.00 bits per heavy atom. The lowest BCUT2D eigenvalue weighted by atomic mass is 9.91. The molecular formula is C25H24ClFN2O3S. The number of nitrogens with one attached hydrogen (secondary N) is 1. The molecular weight excluding hydrogens is 463 g/mol. The third kappa shape index (κ3) is 5.43. The van der Waals surface area contributed by atoms with Crippen LogP contribution in [0.25, 0.3) is 0 Å². The smallest absolute Gasteiger partial charge is 0.257 e. The fourth-order valence-electron chi connectivity index (χ4n) is 4.04. The largest absolute Gasteiger partial charge is 0.319 e. The van der Waals surface area contributed by atoms with Crippen molar-refractivity contribution in [1.82, 2.24) is 4.31 Å². The molecule has 0 atom stereocenters. The van der Waals surface area contributed by atoms with E-state index in [1.165, 1.54) is 28.1 Å². The van der Waals surface area contributed by atoms with Crippen LogP contribution in [-0.2, 0) is 16.4 Å². The van der Waals surface area contributed by atoms with Crippen LogP contribution in [0, 0.1) is 11.7 Å². The molecule has 8 heteroatoms. The van der Waals surface area contributed by atoms with Crippen molar-refractivity contribution < 1.29 is 17.6 Å². The highest BCUT2D eigenvalue weighted by Crippen LogP contribution is 2.28. The molecule has 1 fully saturated rings. The Morgan fingerprint density at radius 2 is 1.67 bits per heavy atom. The Balaban J connectivity index is 1.42. The summed E-state index contributed by atoms with van der Waals surface area (Å²) in [6.45, 7) is 0.791. The van der Waals surface area contributed by atoms with Gasteiger partial charge in [0.1, 0.15) is 5.82 Å². The summed E-state index contributed by atoms with van der Waals surface area (Å²) in [6.07, 6.45) is 2.42. The van der Waals surface area contributed by atoms with E-state index in [0.29, 0.717) is 19.0 Å². The zero-order valence-corrected chi connectivity index (χ0v) is 19.4. The summed E-state index contributed by atoms with van der Waals surface area (Å²) in [5, 5.41) is 2.69. The summed E-state index contributed by atoms with van der Waals surface area (Å²) in [4.78, 5) is 12.3. The molecule has 3 aromatic carbocycles. The van der Waals surface area contributed by atoms with Gasteiger partial charge in [0.05, 0.1) is 21.2 Å². The standard InChI is InChI=1S/C25H24ClFN2O3S/c26-22-9-5-4-8-21(22)25(30)28-24-11-10-20(17-23(24)27)33(31,32)29-14-12-19(13-15-29)16-18-6-2-1-3-7-18/h1-11,17,19H,12-16H2,(H,28,30). The fraction of sp³-hybridized carbons (Fsp3) is 0.240. The topological polar surface area (TPSA) is 66.5 Å². The molecule has 0 aliphatic carbocycles. The van der Waals surface area contributed by atoms with E-state index in [-0.39, 0.29) is 21.2 Å². The quantitative estimate of drug-likeness (QED) is 0.509. The third-order valence-electron chi connectivity index (χ3n) is 5.89. The minimum Gasteiger partial charge on any atom is -0.319 e. The van der Waals surface area contributed by atoms with Gasteiger partial charge >= 0.3 is 0 Å². The van der Waals surface area contributed by atoms with Gasteiger partial charge in [-0.05, 0) is 61.1 Å². The number of hydrogen-bond donors (Lipinski definition) is 1. The second-order valence-corrected chi connectivity index (χ2v) is 10.5. The van der Waals surface area contributed by atoms with Crippen LogP contribution >= 0.6 is 11.6 Å². The predicted octanol–water partition coefficient (Wildman–Crippen LogP) is 5.37. The molecule has 33 heavy (non-hydrogen) atoms. The molecule has 0 radical (unpaired) electrons. The van der Waals surface area contributed by atoms with Crippen LogP contribution in [0.3, 0.4) is 0 Å². The summed E-state index contributed by atoms with van der Waals surface area (Å²) in [5.74, 6) is -0.982. The van der Waals surface area contributed by atoms with E-state index in [2.05, 4.69) is 17.4 Å². The van der Waals surface area contributed by atoms with Gasteiger partial charge in [0.25, 0.3) is 5.91 Å². The zero-order valence-electron chi connectivity index (χ0n) is 17.9. The van der Waals surface area contributed by atoms with Crippen LogP contribution < -0.4 is 5.32 Å². The molecule has 1 aliphatic heterocycles. The molecule has 1 aliphatic rings. The van der Waals surface area contributed by atoms with Crippen molar-refractivity contribution in [3.8, 4) is 0 Å². The van der Waals surface area contributed by atoms with Gasteiger partial charge in [-0.2, -0.15) is 4.31 Å². The lowest BCUT2D eigenvalue weighted by molar-refractivity contribution is 0.102. The molecule has 1 saturated heterocycles. The van der Waals surface area contributed by atoms with Gasteiger partial charge in [-0.3, -0.25) is 4.79 Å². The maximum Gasteiger partial charge on any atom is 0.257 e.